The van der Waals surface area contributed by atoms with E-state index in [1.54, 1.807) is 20.3 Å². The van der Waals surface area contributed by atoms with Gasteiger partial charge in [0.15, 0.2) is 11.3 Å². The van der Waals surface area contributed by atoms with Gasteiger partial charge in [-0.25, -0.2) is 9.78 Å². The zero-order valence-electron chi connectivity index (χ0n) is 19.3. The van der Waals surface area contributed by atoms with Crippen molar-refractivity contribution in [2.75, 3.05) is 40.6 Å². The molecule has 0 spiro atoms. The third kappa shape index (κ3) is 5.12. The highest BCUT2D eigenvalue weighted by Crippen LogP contribution is 2.45. The van der Waals surface area contributed by atoms with Crippen molar-refractivity contribution in [3.05, 3.63) is 33.2 Å². The van der Waals surface area contributed by atoms with Crippen molar-refractivity contribution in [3.63, 3.8) is 0 Å². The monoisotopic (exact) mass is 462 g/mol. The van der Waals surface area contributed by atoms with Crippen LogP contribution in [-0.4, -0.2) is 66.8 Å². The molecule has 1 atom stereocenters. The maximum Gasteiger partial charge on any atom is 0.345 e. The summed E-state index contributed by atoms with van der Waals surface area (Å²) in [7, 11) is 3.20. The molecule has 10 nitrogen and oxygen atoms in total. The molecule has 1 aliphatic heterocycles. The number of aromatic carboxylic acids is 1. The van der Waals surface area contributed by atoms with Crippen molar-refractivity contribution in [2.45, 2.75) is 32.6 Å². The second-order valence-corrected chi connectivity index (χ2v) is 8.15. The van der Waals surface area contributed by atoms with Crippen LogP contribution in [0.4, 0.5) is 0 Å². The number of ether oxygens (including phenoxy) is 4. The van der Waals surface area contributed by atoms with Crippen molar-refractivity contribution in [1.29, 1.82) is 0 Å². The fourth-order valence-electron chi connectivity index (χ4n) is 3.83. The minimum Gasteiger partial charge on any atom is -0.506 e. The average molecular weight is 462 g/mol. The van der Waals surface area contributed by atoms with Gasteiger partial charge in [0.05, 0.1) is 31.2 Å². The Kier molecular flexibility index (Phi) is 7.93. The number of aromatic nitrogens is 2. The van der Waals surface area contributed by atoms with Gasteiger partial charge >= 0.3 is 5.97 Å². The Labute approximate surface area is 191 Å². The number of pyridine rings is 2. The number of nitrogens with zero attached hydrogens (tertiary/aromatic N) is 1. The Morgan fingerprint density at radius 3 is 2.64 bits per heavy atom. The topological polar surface area (TPSA) is 140 Å². The average Bonchev–Trinajstić information content (AvgIpc) is 2.91. The first-order valence-corrected chi connectivity index (χ1v) is 10.8. The van der Waals surface area contributed by atoms with Crippen LogP contribution >= 0.6 is 0 Å². The molecule has 0 aromatic carbocycles. The molecule has 10 heteroatoms. The zero-order valence-corrected chi connectivity index (χ0v) is 19.3. The largest absolute Gasteiger partial charge is 0.506 e. The van der Waals surface area contributed by atoms with Crippen molar-refractivity contribution < 1.29 is 34.0 Å². The predicted octanol–water partition coefficient (Wildman–Crippen LogP) is 2.58. The first kappa shape index (κ1) is 24.5. The van der Waals surface area contributed by atoms with Gasteiger partial charge in [-0.15, -0.1) is 0 Å². The molecule has 0 saturated carbocycles. The third-order valence-corrected chi connectivity index (χ3v) is 5.59. The highest BCUT2D eigenvalue weighted by Gasteiger charge is 2.34. The number of aromatic amines is 1. The molecule has 0 saturated heterocycles. The minimum atomic E-state index is -1.50. The number of carboxylic acids is 1. The summed E-state index contributed by atoms with van der Waals surface area (Å²) in [5.41, 5.74) is -0.145. The van der Waals surface area contributed by atoms with E-state index >= 15 is 0 Å². The number of hydrogen-bond acceptors (Lipinski definition) is 8. The second kappa shape index (κ2) is 10.7. The number of H-pyrrole nitrogens is 1. The van der Waals surface area contributed by atoms with Gasteiger partial charge in [0, 0.05) is 51.2 Å². The lowest BCUT2D eigenvalue weighted by molar-refractivity contribution is 0.0691. The lowest BCUT2D eigenvalue weighted by Crippen LogP contribution is -2.23. The molecule has 2 aromatic heterocycles. The van der Waals surface area contributed by atoms with Crippen LogP contribution in [0.3, 0.4) is 0 Å². The van der Waals surface area contributed by atoms with E-state index in [1.165, 1.54) is 0 Å². The van der Waals surface area contributed by atoms with E-state index in [-0.39, 0.29) is 24.1 Å². The molecule has 3 rings (SSSR count). The molecule has 33 heavy (non-hydrogen) atoms. The van der Waals surface area contributed by atoms with Crippen LogP contribution in [-0.2, 0) is 15.9 Å². The van der Waals surface area contributed by atoms with Gasteiger partial charge in [0.2, 0.25) is 0 Å². The second-order valence-electron chi connectivity index (χ2n) is 8.15. The number of rotatable bonds is 10. The smallest absolute Gasteiger partial charge is 0.345 e. The number of nitrogens with one attached hydrogen (secondary N) is 1. The molecule has 3 heterocycles. The van der Waals surface area contributed by atoms with Gasteiger partial charge in [-0.1, -0.05) is 13.8 Å². The van der Waals surface area contributed by atoms with Crippen LogP contribution in [0, 0.1) is 5.92 Å². The lowest BCUT2D eigenvalue weighted by atomic mass is 9.86. The lowest BCUT2D eigenvalue weighted by Gasteiger charge is -2.22. The van der Waals surface area contributed by atoms with E-state index in [9.17, 15) is 19.8 Å². The Hall–Kier alpha value is -3.11. The van der Waals surface area contributed by atoms with E-state index in [1.807, 2.05) is 13.8 Å². The van der Waals surface area contributed by atoms with Gasteiger partial charge in [-0.05, 0) is 5.92 Å². The molecule has 1 aliphatic rings. The number of methoxy groups -OCH3 is 2. The van der Waals surface area contributed by atoms with Crippen LogP contribution in [0.15, 0.2) is 10.9 Å². The van der Waals surface area contributed by atoms with E-state index < -0.39 is 22.8 Å². The van der Waals surface area contributed by atoms with Crippen molar-refractivity contribution in [1.82, 2.24) is 9.97 Å². The Morgan fingerprint density at radius 1 is 1.27 bits per heavy atom. The molecule has 0 amide bonds. The van der Waals surface area contributed by atoms with Crippen LogP contribution in [0.5, 0.6) is 17.2 Å². The number of aromatic hydroxyl groups is 1. The number of carbonyl (C=O) groups is 1. The summed E-state index contributed by atoms with van der Waals surface area (Å²) in [6, 6.07) is 1.72. The maximum absolute atomic E-state index is 12.6. The molecule has 0 aliphatic carbocycles. The third-order valence-electron chi connectivity index (χ3n) is 5.59. The van der Waals surface area contributed by atoms with E-state index in [0.717, 1.165) is 0 Å². The molecule has 3 N–H and O–H groups in total. The van der Waals surface area contributed by atoms with Crippen LogP contribution in [0.25, 0.3) is 11.4 Å². The summed E-state index contributed by atoms with van der Waals surface area (Å²) in [6.07, 6.45) is 1.13. The highest BCUT2D eigenvalue weighted by atomic mass is 16.5. The van der Waals surface area contributed by atoms with E-state index in [2.05, 4.69) is 4.98 Å². The normalized spacial score (nSPS) is 14.9. The maximum atomic E-state index is 12.6. The molecule has 2 aromatic rings. The van der Waals surface area contributed by atoms with Crippen LogP contribution < -0.4 is 15.0 Å². The van der Waals surface area contributed by atoms with Crippen LogP contribution in [0.2, 0.25) is 0 Å². The summed E-state index contributed by atoms with van der Waals surface area (Å²) in [5.74, 6) is -1.55. The first-order chi connectivity index (χ1) is 15.8. The fraction of sp³-hybridized carbons (Fsp3) is 0.522. The molecule has 0 radical (unpaired) electrons. The molecule has 1 unspecified atom stereocenters. The summed E-state index contributed by atoms with van der Waals surface area (Å²) < 4.78 is 22.2. The SMILES string of the molecule is COCCCOc1cc2c(nc1CCOC)-c1[nH]c(=O)c(C(=O)O)c(O)c1C(C(C)C)CO2. The summed E-state index contributed by atoms with van der Waals surface area (Å²) in [5, 5.41) is 20.3. The summed E-state index contributed by atoms with van der Waals surface area (Å²) in [6.45, 7) is 5.39. The fourth-order valence-corrected chi connectivity index (χ4v) is 3.83. The van der Waals surface area contributed by atoms with Crippen molar-refractivity contribution in [2.24, 2.45) is 5.92 Å². The van der Waals surface area contributed by atoms with Gasteiger partial charge in [0.25, 0.3) is 5.56 Å². The van der Waals surface area contributed by atoms with Gasteiger partial charge < -0.3 is 34.1 Å². The minimum absolute atomic E-state index is 0.0192. The van der Waals surface area contributed by atoms with Crippen LogP contribution in [0.1, 0.15) is 47.8 Å². The summed E-state index contributed by atoms with van der Waals surface area (Å²) in [4.78, 5) is 31.5. The van der Waals surface area contributed by atoms with E-state index in [4.69, 9.17) is 23.9 Å². The Morgan fingerprint density at radius 2 is 2.00 bits per heavy atom. The van der Waals surface area contributed by atoms with Crippen molar-refractivity contribution in [3.8, 4) is 28.6 Å². The zero-order chi connectivity index (χ0) is 24.1. The molecule has 0 bridgehead atoms. The number of carboxylic acid groups (broad SMARTS) is 1. The Bertz CT molecular complexity index is 1060. The number of hydrogen-bond donors (Lipinski definition) is 3. The predicted molar refractivity (Wildman–Crippen MR) is 120 cm³/mol. The van der Waals surface area contributed by atoms with Gasteiger partial charge in [0.1, 0.15) is 17.2 Å². The molecular formula is C23H30N2O8. The highest BCUT2D eigenvalue weighted by molar-refractivity contribution is 5.92. The van der Waals surface area contributed by atoms with Gasteiger partial charge in [-0.2, -0.15) is 0 Å². The van der Waals surface area contributed by atoms with Crippen molar-refractivity contribution >= 4 is 5.97 Å². The molecule has 180 valence electrons. The van der Waals surface area contributed by atoms with Gasteiger partial charge in [-0.3, -0.25) is 4.79 Å². The number of fused-ring (bicyclic) bond motifs is 3. The first-order valence-electron chi connectivity index (χ1n) is 10.8. The summed E-state index contributed by atoms with van der Waals surface area (Å²) >= 11 is 0. The standard InChI is InChI=1S/C23H30N2O8/c1-12(2)13-11-33-16-10-15(32-8-5-7-30-3)14(6-9-31-4)24-19(16)20-17(13)21(26)18(23(28)29)22(27)25-20/h10,12-13H,5-9,11H2,1-4H3,(H,28,29)(H2,25,26,27). The Balaban J connectivity index is 2.20. The molecule has 0 fully saturated rings. The molecular weight excluding hydrogens is 432 g/mol. The van der Waals surface area contributed by atoms with E-state index in [0.29, 0.717) is 61.1 Å². The quantitative estimate of drug-likeness (QED) is 0.454.